The van der Waals surface area contributed by atoms with Gasteiger partial charge in [0.25, 0.3) is 0 Å². The van der Waals surface area contributed by atoms with Crippen LogP contribution in [0, 0.1) is 23.7 Å². The highest BCUT2D eigenvalue weighted by Crippen LogP contribution is 2.55. The largest absolute Gasteiger partial charge is 0.507 e. The molecule has 2 saturated carbocycles. The standard InChI is InChI=1S/C23H28N2O8/c1-8-9-6-5-7-10(26)12(9)17(27)13-11(8)18(28)15-16(25(2)3)19(29)14(22(24)31)21(33-4)23(15,32)20(13)30/h5-8,11,13-16,18,21,26,28,32H,1-4H3,(H2,24,31)/t8-,11+,13?,14?,15+,16-,18-,21?,23-/m0/s1. The summed E-state index contributed by atoms with van der Waals surface area (Å²) in [6, 6.07) is 3.30. The Morgan fingerprint density at radius 2 is 1.85 bits per heavy atom. The predicted molar refractivity (Wildman–Crippen MR) is 113 cm³/mol. The molecule has 0 radical (unpaired) electrons. The Morgan fingerprint density at radius 1 is 1.21 bits per heavy atom. The fourth-order valence-corrected chi connectivity index (χ4v) is 6.43. The third kappa shape index (κ3) is 2.87. The monoisotopic (exact) mass is 460 g/mol. The molecule has 0 aromatic heterocycles. The number of carbonyl (C=O) groups is 4. The fourth-order valence-electron chi connectivity index (χ4n) is 6.43. The Labute approximate surface area is 190 Å². The Hall–Kier alpha value is -2.66. The van der Waals surface area contributed by atoms with Crippen LogP contribution in [0.5, 0.6) is 5.75 Å². The molecule has 1 aromatic rings. The number of phenols is 1. The van der Waals surface area contributed by atoms with Gasteiger partial charge < -0.3 is 25.8 Å². The molecule has 10 nitrogen and oxygen atoms in total. The molecule has 0 aliphatic heterocycles. The van der Waals surface area contributed by atoms with Gasteiger partial charge in [0, 0.05) is 18.9 Å². The molecule has 33 heavy (non-hydrogen) atoms. The number of methoxy groups -OCH3 is 1. The number of hydrogen-bond acceptors (Lipinski definition) is 9. The first-order valence-corrected chi connectivity index (χ1v) is 10.7. The molecule has 0 heterocycles. The highest BCUT2D eigenvalue weighted by Gasteiger charge is 2.73. The zero-order valence-electron chi connectivity index (χ0n) is 18.8. The molecule has 0 bridgehead atoms. The molecule has 4 rings (SSSR count). The van der Waals surface area contributed by atoms with Crippen molar-refractivity contribution in [2.75, 3.05) is 21.2 Å². The van der Waals surface area contributed by atoms with Crippen molar-refractivity contribution in [3.8, 4) is 5.75 Å². The number of aliphatic hydroxyl groups is 2. The number of aliphatic hydroxyl groups excluding tert-OH is 1. The summed E-state index contributed by atoms with van der Waals surface area (Å²) in [7, 11) is 4.18. The molecule has 3 aliphatic carbocycles. The SMILES string of the molecule is COC1C(C(N)=O)C(=O)[C@@H](N(C)C)[C@@H]2[C@@H](O)[C@H]3C(C(=O)c4c(O)cccc4[C@@H]3C)C(=O)[C@]12O. The van der Waals surface area contributed by atoms with E-state index in [0.29, 0.717) is 5.56 Å². The number of phenolic OH excluding ortho intramolecular Hbond substituents is 1. The van der Waals surface area contributed by atoms with Gasteiger partial charge in [0.1, 0.15) is 17.8 Å². The lowest BCUT2D eigenvalue weighted by Gasteiger charge is -2.59. The second-order valence-electron chi connectivity index (χ2n) is 9.50. The maximum atomic E-state index is 13.9. The van der Waals surface area contributed by atoms with Crippen LogP contribution in [-0.2, 0) is 19.1 Å². The van der Waals surface area contributed by atoms with Crippen LogP contribution >= 0.6 is 0 Å². The molecule has 1 aromatic carbocycles. The summed E-state index contributed by atoms with van der Waals surface area (Å²) < 4.78 is 5.31. The number of benzene rings is 1. The number of primary amides is 1. The van der Waals surface area contributed by atoms with Crippen molar-refractivity contribution in [1.29, 1.82) is 0 Å². The molecular formula is C23H28N2O8. The van der Waals surface area contributed by atoms with Gasteiger partial charge >= 0.3 is 0 Å². The van der Waals surface area contributed by atoms with Crippen LogP contribution in [0.2, 0.25) is 0 Å². The summed E-state index contributed by atoms with van der Waals surface area (Å²) >= 11 is 0. The number of rotatable bonds is 3. The lowest BCUT2D eigenvalue weighted by atomic mass is 9.49. The van der Waals surface area contributed by atoms with Crippen molar-refractivity contribution >= 4 is 23.3 Å². The molecule has 0 spiro atoms. The summed E-state index contributed by atoms with van der Waals surface area (Å²) in [5.74, 6) is -9.78. The number of nitrogens with two attached hydrogens (primary N) is 1. The summed E-state index contributed by atoms with van der Waals surface area (Å²) in [6.07, 6.45) is -3.16. The van der Waals surface area contributed by atoms with Gasteiger partial charge in [0.05, 0.1) is 23.6 Å². The maximum Gasteiger partial charge on any atom is 0.230 e. The number of ether oxygens (including phenoxy) is 1. The topological polar surface area (TPSA) is 167 Å². The quantitative estimate of drug-likeness (QED) is 0.407. The smallest absolute Gasteiger partial charge is 0.230 e. The summed E-state index contributed by atoms with van der Waals surface area (Å²) in [6.45, 7) is 1.72. The average molecular weight is 460 g/mol. The van der Waals surface area contributed by atoms with Gasteiger partial charge in [-0.05, 0) is 31.6 Å². The molecule has 9 atom stereocenters. The van der Waals surface area contributed by atoms with Crippen molar-refractivity contribution < 1.29 is 39.2 Å². The van der Waals surface area contributed by atoms with Gasteiger partial charge in [-0.25, -0.2) is 0 Å². The third-order valence-corrected chi connectivity index (χ3v) is 7.80. The Balaban J connectivity index is 1.97. The van der Waals surface area contributed by atoms with E-state index in [0.717, 1.165) is 7.11 Å². The van der Waals surface area contributed by atoms with Crippen molar-refractivity contribution in [3.05, 3.63) is 29.3 Å². The van der Waals surface area contributed by atoms with Crippen LogP contribution < -0.4 is 5.73 Å². The van der Waals surface area contributed by atoms with E-state index in [2.05, 4.69) is 0 Å². The number of ketones is 3. The van der Waals surface area contributed by atoms with Crippen LogP contribution in [-0.4, -0.2) is 88.5 Å². The van der Waals surface area contributed by atoms with Gasteiger partial charge in [-0.1, -0.05) is 19.1 Å². The van der Waals surface area contributed by atoms with Crippen molar-refractivity contribution in [1.82, 2.24) is 4.90 Å². The highest BCUT2D eigenvalue weighted by molar-refractivity contribution is 6.18. The van der Waals surface area contributed by atoms with Crippen LogP contribution in [0.3, 0.4) is 0 Å². The van der Waals surface area contributed by atoms with Crippen molar-refractivity contribution in [2.45, 2.75) is 36.7 Å². The third-order valence-electron chi connectivity index (χ3n) is 7.80. The average Bonchev–Trinajstić information content (AvgIpc) is 2.74. The van der Waals surface area contributed by atoms with Gasteiger partial charge in [-0.2, -0.15) is 0 Å². The first-order valence-electron chi connectivity index (χ1n) is 10.7. The number of nitrogens with zero attached hydrogens (tertiary/aromatic N) is 1. The minimum Gasteiger partial charge on any atom is -0.507 e. The van der Waals surface area contributed by atoms with Crippen LogP contribution in [0.4, 0.5) is 0 Å². The zero-order chi connectivity index (χ0) is 24.6. The fraction of sp³-hybridized carbons (Fsp3) is 0.565. The highest BCUT2D eigenvalue weighted by atomic mass is 16.5. The summed E-state index contributed by atoms with van der Waals surface area (Å²) in [5.41, 5.74) is 3.36. The van der Waals surface area contributed by atoms with Gasteiger partial charge in [-0.3, -0.25) is 24.1 Å². The minimum atomic E-state index is -2.55. The lowest BCUT2D eigenvalue weighted by molar-refractivity contribution is -0.228. The van der Waals surface area contributed by atoms with E-state index in [9.17, 15) is 34.5 Å². The van der Waals surface area contributed by atoms with E-state index in [4.69, 9.17) is 10.5 Å². The van der Waals surface area contributed by atoms with E-state index in [-0.39, 0.29) is 11.3 Å². The molecule has 0 saturated heterocycles. The summed E-state index contributed by atoms with van der Waals surface area (Å²) in [4.78, 5) is 54.4. The van der Waals surface area contributed by atoms with Gasteiger partial charge in [0.2, 0.25) is 5.91 Å². The Morgan fingerprint density at radius 3 is 2.39 bits per heavy atom. The van der Waals surface area contributed by atoms with Crippen LogP contribution in [0.25, 0.3) is 0 Å². The lowest BCUT2D eigenvalue weighted by Crippen LogP contribution is -2.79. The maximum absolute atomic E-state index is 13.9. The molecule has 2 fully saturated rings. The Kier molecular flexibility index (Phi) is 5.48. The van der Waals surface area contributed by atoms with E-state index in [1.807, 2.05) is 0 Å². The van der Waals surface area contributed by atoms with Crippen LogP contribution in [0.1, 0.15) is 28.8 Å². The number of likely N-dealkylation sites (N-methyl/N-ethyl adjacent to an activating group) is 1. The van der Waals surface area contributed by atoms with E-state index in [1.54, 1.807) is 19.1 Å². The normalized spacial score (nSPS) is 40.3. The van der Waals surface area contributed by atoms with Crippen molar-refractivity contribution in [3.63, 3.8) is 0 Å². The second-order valence-corrected chi connectivity index (χ2v) is 9.50. The Bertz CT molecular complexity index is 1050. The van der Waals surface area contributed by atoms with E-state index < -0.39 is 76.7 Å². The number of carbonyl (C=O) groups excluding carboxylic acids is 4. The molecule has 10 heteroatoms. The van der Waals surface area contributed by atoms with Crippen molar-refractivity contribution in [2.24, 2.45) is 29.4 Å². The second kappa shape index (κ2) is 7.69. The molecule has 178 valence electrons. The number of hydrogen-bond donors (Lipinski definition) is 4. The predicted octanol–water partition coefficient (Wildman–Crippen LogP) is -1.16. The van der Waals surface area contributed by atoms with Gasteiger partial charge in [-0.15, -0.1) is 0 Å². The first-order chi connectivity index (χ1) is 15.4. The zero-order valence-corrected chi connectivity index (χ0v) is 18.8. The molecular weight excluding hydrogens is 432 g/mol. The van der Waals surface area contributed by atoms with E-state index >= 15 is 0 Å². The first kappa shape index (κ1) is 23.5. The molecule has 3 aliphatic rings. The molecule has 1 amide bonds. The number of aromatic hydroxyl groups is 1. The van der Waals surface area contributed by atoms with Crippen LogP contribution in [0.15, 0.2) is 18.2 Å². The minimum absolute atomic E-state index is 0.0367. The number of amides is 1. The van der Waals surface area contributed by atoms with Gasteiger partial charge in [0.15, 0.2) is 23.0 Å². The molecule has 3 unspecified atom stereocenters. The number of Topliss-reactive ketones (excluding diaryl/α,β-unsaturated/α-hetero) is 3. The number of fused-ring (bicyclic) bond motifs is 3. The molecule has 5 N–H and O–H groups in total. The van der Waals surface area contributed by atoms with E-state index in [1.165, 1.54) is 25.1 Å². The summed E-state index contributed by atoms with van der Waals surface area (Å²) in [5, 5.41) is 33.8.